The van der Waals surface area contributed by atoms with Crippen LogP contribution in [0.15, 0.2) is 53.3 Å². The molecule has 2 aromatic carbocycles. The van der Waals surface area contributed by atoms with Crippen LogP contribution in [0, 0.1) is 13.8 Å². The number of aromatic amines is 1. The largest absolute Gasteiger partial charge is 0.339 e. The number of pyridine rings is 1. The Labute approximate surface area is 130 Å². The third-order valence-corrected chi connectivity index (χ3v) is 3.98. The van der Waals surface area contributed by atoms with Crippen molar-refractivity contribution >= 4 is 10.9 Å². The number of hydrogen-bond acceptors (Lipinski definition) is 1. The Morgan fingerprint density at radius 3 is 2.55 bits per heavy atom. The average Bonchev–Trinajstić information content (AvgIpc) is 2.49. The fourth-order valence-corrected chi connectivity index (χ4v) is 2.88. The van der Waals surface area contributed by atoms with Crippen LogP contribution in [0.3, 0.4) is 0 Å². The van der Waals surface area contributed by atoms with E-state index in [0.717, 1.165) is 23.0 Å². The van der Waals surface area contributed by atoms with E-state index in [-0.39, 0.29) is 5.56 Å². The molecule has 0 fully saturated rings. The first kappa shape index (κ1) is 14.5. The number of H-pyrrole nitrogens is 1. The van der Waals surface area contributed by atoms with Crippen molar-refractivity contribution < 1.29 is 5.32 Å². The standard InChI is InChI=1S/C19H20N2O/c1-13-8-14(2)17-10-16(19(22)21-18(17)9-13)12-20-11-15-6-4-3-5-7-15/h3-10,20H,11-12H2,1-2H3,(H,21,22)/p+1. The molecule has 0 saturated heterocycles. The summed E-state index contributed by atoms with van der Waals surface area (Å²) in [6, 6.07) is 16.5. The monoisotopic (exact) mass is 293 g/mol. The fourth-order valence-electron chi connectivity index (χ4n) is 2.88. The van der Waals surface area contributed by atoms with E-state index in [1.165, 1.54) is 16.7 Å². The number of nitrogens with one attached hydrogen (secondary N) is 1. The molecule has 0 unspecified atom stereocenters. The summed E-state index contributed by atoms with van der Waals surface area (Å²) < 4.78 is 0. The Kier molecular flexibility index (Phi) is 4.07. The van der Waals surface area contributed by atoms with Crippen molar-refractivity contribution in [2.45, 2.75) is 26.9 Å². The topological polar surface area (TPSA) is 49.5 Å². The van der Waals surface area contributed by atoms with E-state index in [1.54, 1.807) is 0 Å². The van der Waals surface area contributed by atoms with Crippen LogP contribution in [0.4, 0.5) is 0 Å². The molecule has 0 saturated carbocycles. The van der Waals surface area contributed by atoms with Gasteiger partial charge in [-0.3, -0.25) is 4.79 Å². The predicted molar refractivity (Wildman–Crippen MR) is 89.8 cm³/mol. The quantitative estimate of drug-likeness (QED) is 0.762. The molecule has 0 aliphatic carbocycles. The normalized spacial score (nSPS) is 11.0. The van der Waals surface area contributed by atoms with Gasteiger partial charge in [0.2, 0.25) is 0 Å². The fraction of sp³-hybridized carbons (Fsp3) is 0.211. The number of aromatic nitrogens is 1. The zero-order chi connectivity index (χ0) is 15.5. The Morgan fingerprint density at radius 1 is 1.00 bits per heavy atom. The third kappa shape index (κ3) is 3.10. The molecule has 0 bridgehead atoms. The van der Waals surface area contributed by atoms with E-state index in [1.807, 2.05) is 37.3 Å². The average molecular weight is 293 g/mol. The van der Waals surface area contributed by atoms with Crippen LogP contribution in [-0.2, 0) is 13.1 Å². The van der Waals surface area contributed by atoms with Crippen LogP contribution >= 0.6 is 0 Å². The van der Waals surface area contributed by atoms with Crippen LogP contribution < -0.4 is 10.9 Å². The summed E-state index contributed by atoms with van der Waals surface area (Å²) in [4.78, 5) is 15.2. The van der Waals surface area contributed by atoms with Gasteiger partial charge in [-0.25, -0.2) is 0 Å². The minimum atomic E-state index is 0.0156. The Hall–Kier alpha value is -2.39. The molecule has 0 atom stereocenters. The van der Waals surface area contributed by atoms with Crippen LogP contribution in [0.1, 0.15) is 22.3 Å². The van der Waals surface area contributed by atoms with E-state index in [9.17, 15) is 4.79 Å². The minimum Gasteiger partial charge on any atom is -0.339 e. The molecule has 0 aliphatic heterocycles. The number of benzene rings is 2. The highest BCUT2D eigenvalue weighted by Gasteiger charge is 2.07. The van der Waals surface area contributed by atoms with Crippen molar-refractivity contribution in [3.8, 4) is 0 Å². The molecule has 112 valence electrons. The molecule has 1 aromatic heterocycles. The van der Waals surface area contributed by atoms with Gasteiger partial charge < -0.3 is 10.3 Å². The minimum absolute atomic E-state index is 0.0156. The van der Waals surface area contributed by atoms with Crippen molar-refractivity contribution in [3.05, 3.63) is 81.1 Å². The molecule has 3 nitrogen and oxygen atoms in total. The summed E-state index contributed by atoms with van der Waals surface area (Å²) in [5.41, 5.74) is 5.41. The summed E-state index contributed by atoms with van der Waals surface area (Å²) >= 11 is 0. The predicted octanol–water partition coefficient (Wildman–Crippen LogP) is 2.41. The zero-order valence-electron chi connectivity index (χ0n) is 13.0. The Balaban J connectivity index is 1.82. The van der Waals surface area contributed by atoms with Gasteiger partial charge in [0.05, 0.1) is 5.56 Å². The Morgan fingerprint density at radius 2 is 1.77 bits per heavy atom. The number of hydrogen-bond donors (Lipinski definition) is 2. The summed E-state index contributed by atoms with van der Waals surface area (Å²) in [5, 5.41) is 3.29. The lowest BCUT2D eigenvalue weighted by molar-refractivity contribution is -0.686. The number of rotatable bonds is 4. The first-order valence-electron chi connectivity index (χ1n) is 7.62. The number of fused-ring (bicyclic) bond motifs is 1. The van der Waals surface area contributed by atoms with E-state index in [0.29, 0.717) is 6.54 Å². The molecular formula is C19H21N2O+. The summed E-state index contributed by atoms with van der Waals surface area (Å²) in [7, 11) is 0. The van der Waals surface area contributed by atoms with Crippen LogP contribution in [-0.4, -0.2) is 4.98 Å². The maximum atomic E-state index is 12.2. The maximum Gasteiger partial charge on any atom is 0.257 e. The molecule has 3 rings (SSSR count). The van der Waals surface area contributed by atoms with E-state index < -0.39 is 0 Å². The van der Waals surface area contributed by atoms with Crippen molar-refractivity contribution in [2.24, 2.45) is 0 Å². The maximum absolute atomic E-state index is 12.2. The molecule has 3 aromatic rings. The van der Waals surface area contributed by atoms with E-state index in [4.69, 9.17) is 0 Å². The molecule has 0 radical (unpaired) electrons. The van der Waals surface area contributed by atoms with Gasteiger partial charge in [-0.2, -0.15) is 0 Å². The number of quaternary nitrogens is 1. The molecule has 0 spiro atoms. The second-order valence-corrected chi connectivity index (χ2v) is 5.85. The molecule has 3 N–H and O–H groups in total. The van der Waals surface area contributed by atoms with Gasteiger partial charge in [0.25, 0.3) is 5.56 Å². The van der Waals surface area contributed by atoms with Crippen molar-refractivity contribution in [1.82, 2.24) is 4.98 Å². The number of nitrogens with two attached hydrogens (primary N) is 1. The molecule has 0 aliphatic rings. The highest BCUT2D eigenvalue weighted by atomic mass is 16.1. The van der Waals surface area contributed by atoms with E-state index in [2.05, 4.69) is 35.4 Å². The smallest absolute Gasteiger partial charge is 0.257 e. The second-order valence-electron chi connectivity index (χ2n) is 5.85. The van der Waals surface area contributed by atoms with Crippen LogP contribution in [0.25, 0.3) is 10.9 Å². The molecule has 3 heteroatoms. The highest BCUT2D eigenvalue weighted by Crippen LogP contribution is 2.18. The lowest BCUT2D eigenvalue weighted by atomic mass is 10.0. The summed E-state index contributed by atoms with van der Waals surface area (Å²) in [6.07, 6.45) is 0. The second kappa shape index (κ2) is 6.16. The van der Waals surface area contributed by atoms with Gasteiger partial charge in [0, 0.05) is 16.5 Å². The zero-order valence-corrected chi connectivity index (χ0v) is 13.0. The SMILES string of the molecule is Cc1cc(C)c2cc(C[NH2+]Cc3ccccc3)c(=O)[nH]c2c1. The van der Waals surface area contributed by atoms with E-state index >= 15 is 0 Å². The molecular weight excluding hydrogens is 272 g/mol. The van der Waals surface area contributed by atoms with Gasteiger partial charge in [0.1, 0.15) is 13.1 Å². The summed E-state index contributed by atoms with van der Waals surface area (Å²) in [5.74, 6) is 0. The van der Waals surface area contributed by atoms with Gasteiger partial charge in [0.15, 0.2) is 0 Å². The van der Waals surface area contributed by atoms with Crippen LogP contribution in [0.5, 0.6) is 0 Å². The van der Waals surface area contributed by atoms with Gasteiger partial charge >= 0.3 is 0 Å². The van der Waals surface area contributed by atoms with Crippen molar-refractivity contribution in [3.63, 3.8) is 0 Å². The first-order chi connectivity index (χ1) is 10.6. The number of aryl methyl sites for hydroxylation is 2. The first-order valence-corrected chi connectivity index (χ1v) is 7.62. The molecule has 1 heterocycles. The third-order valence-electron chi connectivity index (χ3n) is 3.98. The highest BCUT2D eigenvalue weighted by molar-refractivity contribution is 5.83. The van der Waals surface area contributed by atoms with Crippen molar-refractivity contribution in [2.75, 3.05) is 0 Å². The van der Waals surface area contributed by atoms with Gasteiger partial charge in [-0.15, -0.1) is 0 Å². The van der Waals surface area contributed by atoms with Gasteiger partial charge in [-0.05, 0) is 37.1 Å². The summed E-state index contributed by atoms with van der Waals surface area (Å²) in [6.45, 7) is 5.70. The lowest BCUT2D eigenvalue weighted by Crippen LogP contribution is -2.81. The van der Waals surface area contributed by atoms with Gasteiger partial charge in [-0.1, -0.05) is 36.4 Å². The van der Waals surface area contributed by atoms with Crippen molar-refractivity contribution in [1.29, 1.82) is 0 Å². The van der Waals surface area contributed by atoms with Crippen LogP contribution in [0.2, 0.25) is 0 Å². The molecule has 22 heavy (non-hydrogen) atoms. The Bertz CT molecular complexity index is 850. The lowest BCUT2D eigenvalue weighted by Gasteiger charge is -2.07. The molecule has 0 amide bonds.